The zero-order chi connectivity index (χ0) is 13.4. The van der Waals surface area contributed by atoms with Crippen LogP contribution in [0, 0.1) is 13.8 Å². The molecule has 19 heavy (non-hydrogen) atoms. The molecule has 6 heteroatoms. The summed E-state index contributed by atoms with van der Waals surface area (Å²) in [5, 5.41) is 4.50. The number of thiazole rings is 1. The van der Waals surface area contributed by atoms with Crippen LogP contribution >= 0.6 is 11.3 Å². The van der Waals surface area contributed by atoms with E-state index in [1.165, 1.54) is 16.9 Å². The van der Waals surface area contributed by atoms with Gasteiger partial charge in [0, 0.05) is 5.56 Å². The molecule has 0 aliphatic rings. The van der Waals surface area contributed by atoms with E-state index in [0.29, 0.717) is 16.8 Å². The number of aryl methyl sites for hydroxylation is 2. The van der Waals surface area contributed by atoms with Crippen LogP contribution in [-0.4, -0.2) is 15.1 Å². The van der Waals surface area contributed by atoms with E-state index in [4.69, 9.17) is 10.3 Å². The Hall–Kier alpha value is -2.21. The number of nitrogens with zero attached hydrogens (tertiary/aromatic N) is 3. The van der Waals surface area contributed by atoms with Crippen LogP contribution in [0.3, 0.4) is 0 Å². The van der Waals surface area contributed by atoms with Crippen molar-refractivity contribution in [1.82, 2.24) is 15.1 Å². The molecule has 0 saturated carbocycles. The second kappa shape index (κ2) is 4.47. The third kappa shape index (κ3) is 2.22. The van der Waals surface area contributed by atoms with E-state index >= 15 is 0 Å². The molecule has 1 aromatic carbocycles. The molecular formula is C13H12N4OS. The molecule has 0 radical (unpaired) electrons. The van der Waals surface area contributed by atoms with Crippen LogP contribution in [0.2, 0.25) is 0 Å². The van der Waals surface area contributed by atoms with E-state index in [0.717, 1.165) is 16.0 Å². The third-order valence-corrected chi connectivity index (χ3v) is 3.60. The minimum atomic E-state index is 0.448. The first-order valence-corrected chi connectivity index (χ1v) is 6.58. The molecule has 0 fully saturated rings. The van der Waals surface area contributed by atoms with Gasteiger partial charge in [0.2, 0.25) is 5.82 Å². The zero-order valence-corrected chi connectivity index (χ0v) is 11.4. The third-order valence-electron chi connectivity index (χ3n) is 2.78. The van der Waals surface area contributed by atoms with E-state index in [1.807, 2.05) is 19.1 Å². The molecule has 3 rings (SSSR count). The number of benzene rings is 1. The fraction of sp³-hybridized carbons (Fsp3) is 0.154. The molecule has 0 amide bonds. The summed E-state index contributed by atoms with van der Waals surface area (Å²) in [5.41, 5.74) is 8.89. The summed E-state index contributed by atoms with van der Waals surface area (Å²) in [6.07, 6.45) is 1.64. The van der Waals surface area contributed by atoms with Gasteiger partial charge in [-0.3, -0.25) is 0 Å². The summed E-state index contributed by atoms with van der Waals surface area (Å²) in [5.74, 6) is 1.03. The molecule has 5 nitrogen and oxygen atoms in total. The number of hydrogen-bond donors (Lipinski definition) is 1. The lowest BCUT2D eigenvalue weighted by atomic mass is 10.1. The van der Waals surface area contributed by atoms with Gasteiger partial charge in [0.1, 0.15) is 4.88 Å². The fourth-order valence-electron chi connectivity index (χ4n) is 1.88. The van der Waals surface area contributed by atoms with Crippen LogP contribution in [0.1, 0.15) is 11.1 Å². The lowest BCUT2D eigenvalue weighted by Gasteiger charge is -2.01. The van der Waals surface area contributed by atoms with Gasteiger partial charge in [-0.15, -0.1) is 0 Å². The summed E-state index contributed by atoms with van der Waals surface area (Å²) in [4.78, 5) is 9.14. The number of aromatic nitrogens is 3. The largest absolute Gasteiger partial charge is 0.375 e. The highest BCUT2D eigenvalue weighted by molar-refractivity contribution is 7.18. The molecule has 3 aromatic rings. The van der Waals surface area contributed by atoms with Crippen molar-refractivity contribution in [3.8, 4) is 22.2 Å². The van der Waals surface area contributed by atoms with Gasteiger partial charge in [-0.1, -0.05) is 40.3 Å². The maximum absolute atomic E-state index is 5.59. The topological polar surface area (TPSA) is 77.8 Å². The molecule has 0 aliphatic heterocycles. The maximum Gasteiger partial charge on any atom is 0.270 e. The van der Waals surface area contributed by atoms with Gasteiger partial charge < -0.3 is 10.3 Å². The van der Waals surface area contributed by atoms with Crippen molar-refractivity contribution >= 4 is 16.5 Å². The molecule has 0 saturated heterocycles. The van der Waals surface area contributed by atoms with Gasteiger partial charge in [0.25, 0.3) is 5.89 Å². The van der Waals surface area contributed by atoms with Crippen molar-refractivity contribution in [2.45, 2.75) is 13.8 Å². The number of rotatable bonds is 2. The predicted octanol–water partition coefficient (Wildman–Crippen LogP) is 3.06. The van der Waals surface area contributed by atoms with Gasteiger partial charge in [-0.2, -0.15) is 4.98 Å². The fourth-order valence-corrected chi connectivity index (χ4v) is 2.49. The first kappa shape index (κ1) is 11.9. The minimum absolute atomic E-state index is 0.448. The van der Waals surface area contributed by atoms with Gasteiger partial charge in [0.15, 0.2) is 5.13 Å². The highest BCUT2D eigenvalue weighted by Gasteiger charge is 2.14. The average molecular weight is 272 g/mol. The molecule has 0 spiro atoms. The molecular weight excluding hydrogens is 260 g/mol. The summed E-state index contributed by atoms with van der Waals surface area (Å²) in [6.45, 7) is 4.08. The van der Waals surface area contributed by atoms with Crippen LogP contribution in [0.15, 0.2) is 28.9 Å². The number of hydrogen-bond acceptors (Lipinski definition) is 6. The number of nitrogens with two attached hydrogens (primary N) is 1. The van der Waals surface area contributed by atoms with Crippen LogP contribution in [0.25, 0.3) is 22.2 Å². The molecule has 2 aromatic heterocycles. The normalized spacial score (nSPS) is 10.8. The van der Waals surface area contributed by atoms with Crippen molar-refractivity contribution in [3.63, 3.8) is 0 Å². The Balaban J connectivity index is 2.01. The second-order valence-electron chi connectivity index (χ2n) is 4.30. The molecule has 2 heterocycles. The van der Waals surface area contributed by atoms with Crippen molar-refractivity contribution in [3.05, 3.63) is 35.5 Å². The number of nitrogen functional groups attached to an aromatic ring is 1. The Morgan fingerprint density at radius 1 is 1.26 bits per heavy atom. The average Bonchev–Trinajstić information content (AvgIpc) is 2.97. The monoisotopic (exact) mass is 272 g/mol. The lowest BCUT2D eigenvalue weighted by molar-refractivity contribution is 0.433. The van der Waals surface area contributed by atoms with E-state index < -0.39 is 0 Å². The first-order valence-electron chi connectivity index (χ1n) is 5.76. The Morgan fingerprint density at radius 2 is 2.11 bits per heavy atom. The van der Waals surface area contributed by atoms with Crippen LogP contribution in [-0.2, 0) is 0 Å². The van der Waals surface area contributed by atoms with E-state index in [-0.39, 0.29) is 0 Å². The lowest BCUT2D eigenvalue weighted by Crippen LogP contribution is -1.86. The molecule has 96 valence electrons. The van der Waals surface area contributed by atoms with Gasteiger partial charge in [-0.25, -0.2) is 4.98 Å². The van der Waals surface area contributed by atoms with Crippen LogP contribution < -0.4 is 5.73 Å². The molecule has 0 bridgehead atoms. The highest BCUT2D eigenvalue weighted by Crippen LogP contribution is 2.28. The van der Waals surface area contributed by atoms with E-state index in [2.05, 4.69) is 28.1 Å². The maximum atomic E-state index is 5.59. The summed E-state index contributed by atoms with van der Waals surface area (Å²) in [6, 6.07) is 6.12. The standard InChI is InChI=1S/C13H12N4OS/c1-7-3-4-9(8(2)5-7)11-16-12(18-17-11)10-6-15-13(14)19-10/h3-6H,1-2H3,(H2,14,15). The molecule has 0 aliphatic carbocycles. The minimum Gasteiger partial charge on any atom is -0.375 e. The van der Waals surface area contributed by atoms with Gasteiger partial charge in [-0.05, 0) is 19.4 Å². The Labute approximate surface area is 114 Å². The molecule has 2 N–H and O–H groups in total. The van der Waals surface area contributed by atoms with E-state index in [1.54, 1.807) is 6.20 Å². The summed E-state index contributed by atoms with van der Waals surface area (Å²) >= 11 is 1.33. The summed E-state index contributed by atoms with van der Waals surface area (Å²) < 4.78 is 5.26. The van der Waals surface area contributed by atoms with Gasteiger partial charge >= 0.3 is 0 Å². The van der Waals surface area contributed by atoms with Gasteiger partial charge in [0.05, 0.1) is 6.20 Å². The number of anilines is 1. The molecule has 0 unspecified atom stereocenters. The second-order valence-corrected chi connectivity index (χ2v) is 5.37. The Morgan fingerprint density at radius 3 is 2.79 bits per heavy atom. The Bertz CT molecular complexity index is 732. The zero-order valence-electron chi connectivity index (χ0n) is 10.5. The van der Waals surface area contributed by atoms with Crippen LogP contribution in [0.5, 0.6) is 0 Å². The van der Waals surface area contributed by atoms with Crippen molar-refractivity contribution in [2.75, 3.05) is 5.73 Å². The first-order chi connectivity index (χ1) is 9.13. The Kier molecular flexibility index (Phi) is 2.79. The quantitative estimate of drug-likeness (QED) is 0.775. The highest BCUT2D eigenvalue weighted by atomic mass is 32.1. The summed E-state index contributed by atoms with van der Waals surface area (Å²) in [7, 11) is 0. The SMILES string of the molecule is Cc1ccc(-c2noc(-c3cnc(N)s3)n2)c(C)c1. The van der Waals surface area contributed by atoms with Crippen molar-refractivity contribution < 1.29 is 4.52 Å². The molecule has 0 atom stereocenters. The van der Waals surface area contributed by atoms with Crippen molar-refractivity contribution in [2.24, 2.45) is 0 Å². The predicted molar refractivity (Wildman–Crippen MR) is 74.7 cm³/mol. The van der Waals surface area contributed by atoms with Crippen molar-refractivity contribution in [1.29, 1.82) is 0 Å². The van der Waals surface area contributed by atoms with Crippen LogP contribution in [0.4, 0.5) is 5.13 Å². The smallest absolute Gasteiger partial charge is 0.270 e. The van der Waals surface area contributed by atoms with E-state index in [9.17, 15) is 0 Å².